The summed E-state index contributed by atoms with van der Waals surface area (Å²) in [5.74, 6) is -0.0737. The maximum absolute atomic E-state index is 12.4. The summed E-state index contributed by atoms with van der Waals surface area (Å²) in [5.41, 5.74) is 0. The smallest absolute Gasteiger partial charge is 0.220 e. The molecule has 0 aliphatic heterocycles. The molecule has 0 aromatic rings. The lowest BCUT2D eigenvalue weighted by Gasteiger charge is -2.19. The molecule has 324 valence electrons. The van der Waals surface area contributed by atoms with Gasteiger partial charge in [0.15, 0.2) is 0 Å². The van der Waals surface area contributed by atoms with Crippen molar-refractivity contribution in [1.82, 2.24) is 5.32 Å². The zero-order valence-corrected chi connectivity index (χ0v) is 37.2. The van der Waals surface area contributed by atoms with E-state index in [1.165, 1.54) is 205 Å². The predicted molar refractivity (Wildman–Crippen MR) is 244 cm³/mol. The molecule has 4 heteroatoms. The lowest BCUT2D eigenvalue weighted by atomic mass is 10.0. The van der Waals surface area contributed by atoms with Gasteiger partial charge in [0.25, 0.3) is 0 Å². The molecule has 0 saturated heterocycles. The first-order valence-electron chi connectivity index (χ1n) is 24.7. The van der Waals surface area contributed by atoms with Gasteiger partial charge in [-0.2, -0.15) is 0 Å². The SMILES string of the molecule is CCCCCCCCCCCCC/C=C/CC/C=C/CC/C=C/C(O)C(CO)NC(=O)CCCCCCCCCCCCCCCCCCCCCCCC. The number of hydrogen-bond acceptors (Lipinski definition) is 3. The molecule has 0 aliphatic rings. The van der Waals surface area contributed by atoms with Crippen LogP contribution < -0.4 is 5.32 Å². The lowest BCUT2D eigenvalue weighted by molar-refractivity contribution is -0.123. The number of rotatable bonds is 45. The van der Waals surface area contributed by atoms with E-state index in [2.05, 4.69) is 43.5 Å². The summed E-state index contributed by atoms with van der Waals surface area (Å²) in [4.78, 5) is 12.4. The van der Waals surface area contributed by atoms with Gasteiger partial charge in [-0.15, -0.1) is 0 Å². The van der Waals surface area contributed by atoms with Crippen LogP contribution in [0.1, 0.15) is 264 Å². The standard InChI is InChI=1S/C51H97NO3/c1-3-5-7-9-11-13-15-17-19-21-23-25-27-29-31-33-35-37-39-41-43-45-47-51(55)52-49(48-53)50(54)46-44-42-40-38-36-34-32-30-28-26-24-22-20-18-16-14-12-10-8-6-4-2/h28,30,36,38,44,46,49-50,53-54H,3-27,29,31-35,37,39-43,45,47-48H2,1-2H3,(H,52,55)/b30-28+,38-36+,46-44+. The summed E-state index contributed by atoms with van der Waals surface area (Å²) in [6.07, 6.45) is 62.8. The number of unbranched alkanes of at least 4 members (excludes halogenated alkanes) is 34. The molecule has 0 aromatic carbocycles. The van der Waals surface area contributed by atoms with E-state index >= 15 is 0 Å². The fraction of sp³-hybridized carbons (Fsp3) is 0.863. The molecule has 3 N–H and O–H groups in total. The number of carbonyl (C=O) groups excluding carboxylic acids is 1. The molecule has 0 aliphatic carbocycles. The Kier molecular flexibility index (Phi) is 45.8. The van der Waals surface area contributed by atoms with E-state index < -0.39 is 12.1 Å². The van der Waals surface area contributed by atoms with Gasteiger partial charge in [0, 0.05) is 6.42 Å². The van der Waals surface area contributed by atoms with Crippen LogP contribution in [0.5, 0.6) is 0 Å². The average molecular weight is 772 g/mol. The number of hydrogen-bond donors (Lipinski definition) is 3. The number of nitrogens with one attached hydrogen (secondary N) is 1. The van der Waals surface area contributed by atoms with E-state index in [4.69, 9.17) is 0 Å². The summed E-state index contributed by atoms with van der Waals surface area (Å²) in [6, 6.07) is -0.643. The van der Waals surface area contributed by atoms with Crippen molar-refractivity contribution in [1.29, 1.82) is 0 Å². The molecule has 0 fully saturated rings. The van der Waals surface area contributed by atoms with Crippen molar-refractivity contribution in [3.05, 3.63) is 36.5 Å². The zero-order valence-electron chi connectivity index (χ0n) is 37.2. The zero-order chi connectivity index (χ0) is 40.0. The molecule has 2 atom stereocenters. The summed E-state index contributed by atoms with van der Waals surface area (Å²) in [7, 11) is 0. The molecule has 1 amide bonds. The fourth-order valence-corrected chi connectivity index (χ4v) is 7.56. The molecular weight excluding hydrogens is 675 g/mol. The molecule has 0 bridgehead atoms. The van der Waals surface area contributed by atoms with E-state index in [0.717, 1.165) is 38.5 Å². The second kappa shape index (κ2) is 47.0. The Morgan fingerprint density at radius 1 is 0.418 bits per heavy atom. The van der Waals surface area contributed by atoms with Crippen LogP contribution in [0.15, 0.2) is 36.5 Å². The molecule has 0 spiro atoms. The Morgan fingerprint density at radius 3 is 1.05 bits per heavy atom. The Hall–Kier alpha value is -1.39. The highest BCUT2D eigenvalue weighted by Gasteiger charge is 2.17. The van der Waals surface area contributed by atoms with Crippen LogP contribution in [0.25, 0.3) is 0 Å². The van der Waals surface area contributed by atoms with Crippen molar-refractivity contribution >= 4 is 5.91 Å². The minimum Gasteiger partial charge on any atom is -0.394 e. The van der Waals surface area contributed by atoms with Gasteiger partial charge in [-0.1, -0.05) is 249 Å². The van der Waals surface area contributed by atoms with Gasteiger partial charge in [0.1, 0.15) is 0 Å². The summed E-state index contributed by atoms with van der Waals surface area (Å²) >= 11 is 0. The highest BCUT2D eigenvalue weighted by molar-refractivity contribution is 5.76. The maximum atomic E-state index is 12.4. The Morgan fingerprint density at radius 2 is 0.709 bits per heavy atom. The van der Waals surface area contributed by atoms with E-state index in [9.17, 15) is 15.0 Å². The monoisotopic (exact) mass is 772 g/mol. The number of aliphatic hydroxyl groups excluding tert-OH is 2. The van der Waals surface area contributed by atoms with E-state index in [1.807, 2.05) is 6.08 Å². The first-order chi connectivity index (χ1) is 27.2. The van der Waals surface area contributed by atoms with Crippen molar-refractivity contribution < 1.29 is 15.0 Å². The topological polar surface area (TPSA) is 69.6 Å². The molecule has 0 rings (SSSR count). The first-order valence-corrected chi connectivity index (χ1v) is 24.7. The van der Waals surface area contributed by atoms with Gasteiger partial charge in [-0.3, -0.25) is 4.79 Å². The third kappa shape index (κ3) is 43.6. The molecule has 55 heavy (non-hydrogen) atoms. The van der Waals surface area contributed by atoms with Crippen molar-refractivity contribution in [3.8, 4) is 0 Å². The van der Waals surface area contributed by atoms with Gasteiger partial charge in [-0.25, -0.2) is 0 Å². The van der Waals surface area contributed by atoms with Crippen molar-refractivity contribution in [2.24, 2.45) is 0 Å². The normalized spacial score (nSPS) is 13.2. The minimum atomic E-state index is -0.868. The Balaban J connectivity index is 3.57. The van der Waals surface area contributed by atoms with E-state index in [1.54, 1.807) is 6.08 Å². The molecule has 0 aromatic heterocycles. The van der Waals surface area contributed by atoms with Crippen LogP contribution in [0.3, 0.4) is 0 Å². The number of carbonyl (C=O) groups is 1. The quantitative estimate of drug-likeness (QED) is 0.0426. The molecular formula is C51H97NO3. The van der Waals surface area contributed by atoms with Crippen LogP contribution in [0.4, 0.5) is 0 Å². The number of aliphatic hydroxyl groups is 2. The lowest BCUT2D eigenvalue weighted by Crippen LogP contribution is -2.45. The van der Waals surface area contributed by atoms with Gasteiger partial charge in [0.05, 0.1) is 18.8 Å². The van der Waals surface area contributed by atoms with E-state index in [-0.39, 0.29) is 12.5 Å². The summed E-state index contributed by atoms with van der Waals surface area (Å²) in [5, 5.41) is 23.1. The third-order valence-electron chi connectivity index (χ3n) is 11.4. The Labute approximate surface area is 344 Å². The van der Waals surface area contributed by atoms with Gasteiger partial charge in [-0.05, 0) is 44.9 Å². The molecule has 0 heterocycles. The molecule has 2 unspecified atom stereocenters. The first kappa shape index (κ1) is 53.6. The summed E-state index contributed by atoms with van der Waals surface area (Å²) < 4.78 is 0. The van der Waals surface area contributed by atoms with Gasteiger partial charge in [0.2, 0.25) is 5.91 Å². The predicted octanol–water partition coefficient (Wildman–Crippen LogP) is 15.7. The molecule has 0 radical (unpaired) electrons. The van der Waals surface area contributed by atoms with Gasteiger partial charge < -0.3 is 15.5 Å². The average Bonchev–Trinajstić information content (AvgIpc) is 3.19. The van der Waals surface area contributed by atoms with Crippen LogP contribution in [-0.4, -0.2) is 34.9 Å². The number of allylic oxidation sites excluding steroid dienone is 5. The maximum Gasteiger partial charge on any atom is 0.220 e. The van der Waals surface area contributed by atoms with Gasteiger partial charge >= 0.3 is 0 Å². The van der Waals surface area contributed by atoms with Crippen LogP contribution >= 0.6 is 0 Å². The van der Waals surface area contributed by atoms with Crippen molar-refractivity contribution in [2.75, 3.05) is 6.61 Å². The van der Waals surface area contributed by atoms with Crippen LogP contribution in [0, 0.1) is 0 Å². The second-order valence-electron chi connectivity index (χ2n) is 16.9. The van der Waals surface area contributed by atoms with Crippen molar-refractivity contribution in [3.63, 3.8) is 0 Å². The third-order valence-corrected chi connectivity index (χ3v) is 11.4. The van der Waals surface area contributed by atoms with Crippen LogP contribution in [0.2, 0.25) is 0 Å². The molecule has 4 nitrogen and oxygen atoms in total. The highest BCUT2D eigenvalue weighted by atomic mass is 16.3. The Bertz CT molecular complexity index is 836. The minimum absolute atomic E-state index is 0.0737. The summed E-state index contributed by atoms with van der Waals surface area (Å²) in [6.45, 7) is 4.32. The second-order valence-corrected chi connectivity index (χ2v) is 16.9. The van der Waals surface area contributed by atoms with Crippen LogP contribution in [-0.2, 0) is 4.79 Å². The van der Waals surface area contributed by atoms with E-state index in [0.29, 0.717) is 6.42 Å². The largest absolute Gasteiger partial charge is 0.394 e. The molecule has 0 saturated carbocycles. The van der Waals surface area contributed by atoms with Crippen molar-refractivity contribution in [2.45, 2.75) is 276 Å². The highest BCUT2D eigenvalue weighted by Crippen LogP contribution is 2.16. The fourth-order valence-electron chi connectivity index (χ4n) is 7.56. The number of amides is 1.